The second-order valence-electron chi connectivity index (χ2n) is 4.56. The molecule has 3 nitrogen and oxygen atoms in total. The highest BCUT2D eigenvalue weighted by molar-refractivity contribution is 6.30. The standard InChI is InChI=1S/C14H13ClN2O/c15-10-6-13(16-8-10)14(18)17-12-7-11(12)9-4-2-1-3-5-9/h1-6,8,11-12,16H,7H2,(H,17,18)/t11-,12-/m1/s1. The Morgan fingerprint density at radius 3 is 2.78 bits per heavy atom. The van der Waals surface area contributed by atoms with Gasteiger partial charge in [0, 0.05) is 18.2 Å². The van der Waals surface area contributed by atoms with E-state index in [0.29, 0.717) is 16.6 Å². The van der Waals surface area contributed by atoms with E-state index < -0.39 is 0 Å². The molecular formula is C14H13ClN2O. The van der Waals surface area contributed by atoms with Crippen LogP contribution in [0.3, 0.4) is 0 Å². The molecule has 0 saturated heterocycles. The van der Waals surface area contributed by atoms with Crippen molar-refractivity contribution in [2.75, 3.05) is 0 Å². The maximum Gasteiger partial charge on any atom is 0.267 e. The van der Waals surface area contributed by atoms with Crippen molar-refractivity contribution < 1.29 is 4.79 Å². The van der Waals surface area contributed by atoms with Gasteiger partial charge < -0.3 is 10.3 Å². The Morgan fingerprint density at radius 2 is 2.11 bits per heavy atom. The highest BCUT2D eigenvalue weighted by atomic mass is 35.5. The molecule has 3 rings (SSSR count). The average molecular weight is 261 g/mol. The summed E-state index contributed by atoms with van der Waals surface area (Å²) in [6, 6.07) is 12.1. The SMILES string of the molecule is O=C(N[C@@H]1C[C@@H]1c1ccccc1)c1cc(Cl)c[nH]1. The van der Waals surface area contributed by atoms with E-state index in [1.54, 1.807) is 12.3 Å². The minimum atomic E-state index is -0.0923. The summed E-state index contributed by atoms with van der Waals surface area (Å²) in [6.45, 7) is 0. The lowest BCUT2D eigenvalue weighted by atomic mass is 10.1. The molecule has 0 radical (unpaired) electrons. The highest BCUT2D eigenvalue weighted by Crippen LogP contribution is 2.40. The predicted octanol–water partition coefficient (Wildman–Crippen LogP) is 2.95. The maximum absolute atomic E-state index is 11.9. The van der Waals surface area contributed by atoms with E-state index in [1.165, 1.54) is 5.56 Å². The van der Waals surface area contributed by atoms with Crippen LogP contribution >= 0.6 is 11.6 Å². The predicted molar refractivity (Wildman–Crippen MR) is 70.9 cm³/mol. The van der Waals surface area contributed by atoms with Gasteiger partial charge in [-0.1, -0.05) is 41.9 Å². The topological polar surface area (TPSA) is 44.9 Å². The van der Waals surface area contributed by atoms with Crippen LogP contribution in [0.4, 0.5) is 0 Å². The fraction of sp³-hybridized carbons (Fsp3) is 0.214. The van der Waals surface area contributed by atoms with E-state index in [0.717, 1.165) is 6.42 Å². The zero-order valence-electron chi connectivity index (χ0n) is 9.69. The molecule has 0 spiro atoms. The van der Waals surface area contributed by atoms with Gasteiger partial charge in [-0.2, -0.15) is 0 Å². The molecule has 1 saturated carbocycles. The first kappa shape index (κ1) is 11.4. The van der Waals surface area contributed by atoms with Crippen LogP contribution in [-0.4, -0.2) is 16.9 Å². The Labute approximate surface area is 110 Å². The number of carbonyl (C=O) groups is 1. The number of nitrogens with one attached hydrogen (secondary N) is 2. The lowest BCUT2D eigenvalue weighted by Gasteiger charge is -2.03. The van der Waals surface area contributed by atoms with Crippen LogP contribution < -0.4 is 5.32 Å². The number of aromatic nitrogens is 1. The van der Waals surface area contributed by atoms with Crippen LogP contribution in [-0.2, 0) is 0 Å². The van der Waals surface area contributed by atoms with E-state index in [9.17, 15) is 4.79 Å². The Kier molecular flexibility index (Phi) is 2.84. The lowest BCUT2D eigenvalue weighted by molar-refractivity contribution is 0.0946. The molecule has 0 bridgehead atoms. The number of rotatable bonds is 3. The number of halogens is 1. The number of aromatic amines is 1. The van der Waals surface area contributed by atoms with Gasteiger partial charge in [-0.3, -0.25) is 4.79 Å². The van der Waals surface area contributed by atoms with E-state index in [1.807, 2.05) is 18.2 Å². The van der Waals surface area contributed by atoms with Crippen molar-refractivity contribution >= 4 is 17.5 Å². The summed E-state index contributed by atoms with van der Waals surface area (Å²) in [7, 11) is 0. The molecule has 1 heterocycles. The lowest BCUT2D eigenvalue weighted by Crippen LogP contribution is -2.26. The van der Waals surface area contributed by atoms with Crippen molar-refractivity contribution in [1.29, 1.82) is 0 Å². The van der Waals surface area contributed by atoms with Crippen molar-refractivity contribution in [1.82, 2.24) is 10.3 Å². The van der Waals surface area contributed by atoms with Gasteiger partial charge in [-0.05, 0) is 18.1 Å². The zero-order valence-corrected chi connectivity index (χ0v) is 10.4. The third kappa shape index (κ3) is 2.27. The summed E-state index contributed by atoms with van der Waals surface area (Å²) in [6.07, 6.45) is 2.61. The number of amides is 1. The summed E-state index contributed by atoms with van der Waals surface area (Å²) in [5.74, 6) is 0.353. The number of carbonyl (C=O) groups excluding carboxylic acids is 1. The molecule has 1 aromatic heterocycles. The minimum absolute atomic E-state index is 0.0923. The third-order valence-electron chi connectivity index (χ3n) is 3.23. The van der Waals surface area contributed by atoms with Crippen LogP contribution in [0.15, 0.2) is 42.6 Å². The molecule has 0 aliphatic heterocycles. The van der Waals surface area contributed by atoms with Gasteiger partial charge in [0.2, 0.25) is 0 Å². The first-order valence-corrected chi connectivity index (χ1v) is 6.31. The minimum Gasteiger partial charge on any atom is -0.356 e. The van der Waals surface area contributed by atoms with E-state index in [4.69, 9.17) is 11.6 Å². The summed E-state index contributed by atoms with van der Waals surface area (Å²) < 4.78 is 0. The number of hydrogen-bond acceptors (Lipinski definition) is 1. The van der Waals surface area contributed by atoms with E-state index in [-0.39, 0.29) is 11.9 Å². The highest BCUT2D eigenvalue weighted by Gasteiger charge is 2.39. The molecule has 4 heteroatoms. The van der Waals surface area contributed by atoms with Crippen molar-refractivity contribution in [3.05, 3.63) is 58.9 Å². The van der Waals surface area contributed by atoms with Gasteiger partial charge in [-0.15, -0.1) is 0 Å². The van der Waals surface area contributed by atoms with Crippen LogP contribution in [0.25, 0.3) is 0 Å². The molecular weight excluding hydrogens is 248 g/mol. The molecule has 1 aliphatic carbocycles. The molecule has 1 aliphatic rings. The Morgan fingerprint density at radius 1 is 1.33 bits per heavy atom. The smallest absolute Gasteiger partial charge is 0.267 e. The Hall–Kier alpha value is -1.74. The molecule has 1 aromatic carbocycles. The fourth-order valence-corrected chi connectivity index (χ4v) is 2.33. The maximum atomic E-state index is 11.9. The summed E-state index contributed by atoms with van der Waals surface area (Å²) in [5.41, 5.74) is 1.80. The molecule has 0 unspecified atom stereocenters. The van der Waals surface area contributed by atoms with Gasteiger partial charge in [0.1, 0.15) is 5.69 Å². The third-order valence-corrected chi connectivity index (χ3v) is 3.45. The van der Waals surface area contributed by atoms with Crippen LogP contribution in [0.5, 0.6) is 0 Å². The van der Waals surface area contributed by atoms with Crippen molar-refractivity contribution in [3.63, 3.8) is 0 Å². The molecule has 92 valence electrons. The molecule has 18 heavy (non-hydrogen) atoms. The van der Waals surface area contributed by atoms with Crippen molar-refractivity contribution in [2.24, 2.45) is 0 Å². The van der Waals surface area contributed by atoms with Gasteiger partial charge in [0.25, 0.3) is 5.91 Å². The Bertz CT molecular complexity index is 564. The van der Waals surface area contributed by atoms with Crippen LogP contribution in [0.1, 0.15) is 28.4 Å². The number of hydrogen-bond donors (Lipinski definition) is 2. The van der Waals surface area contributed by atoms with Gasteiger partial charge in [0.15, 0.2) is 0 Å². The second-order valence-corrected chi connectivity index (χ2v) is 5.00. The molecule has 1 amide bonds. The quantitative estimate of drug-likeness (QED) is 0.876. The van der Waals surface area contributed by atoms with Gasteiger partial charge in [-0.25, -0.2) is 0 Å². The normalized spacial score (nSPS) is 21.6. The van der Waals surface area contributed by atoms with Crippen molar-refractivity contribution in [3.8, 4) is 0 Å². The van der Waals surface area contributed by atoms with E-state index in [2.05, 4.69) is 22.4 Å². The second kappa shape index (κ2) is 4.50. The first-order chi connectivity index (χ1) is 8.74. The molecule has 1 fully saturated rings. The number of benzene rings is 1. The van der Waals surface area contributed by atoms with E-state index >= 15 is 0 Å². The average Bonchev–Trinajstić information content (AvgIpc) is 3.01. The zero-order chi connectivity index (χ0) is 12.5. The van der Waals surface area contributed by atoms with Crippen molar-refractivity contribution in [2.45, 2.75) is 18.4 Å². The largest absolute Gasteiger partial charge is 0.356 e. The fourth-order valence-electron chi connectivity index (χ4n) is 2.17. The van der Waals surface area contributed by atoms with Gasteiger partial charge in [0.05, 0.1) is 5.02 Å². The van der Waals surface area contributed by atoms with Crippen LogP contribution in [0.2, 0.25) is 5.02 Å². The summed E-state index contributed by atoms with van der Waals surface area (Å²) in [5, 5.41) is 3.55. The summed E-state index contributed by atoms with van der Waals surface area (Å²) >= 11 is 5.77. The molecule has 2 N–H and O–H groups in total. The van der Waals surface area contributed by atoms with Crippen LogP contribution in [0, 0.1) is 0 Å². The Balaban J connectivity index is 1.62. The number of H-pyrrole nitrogens is 1. The monoisotopic (exact) mass is 260 g/mol. The summed E-state index contributed by atoms with van der Waals surface area (Å²) in [4.78, 5) is 14.7. The first-order valence-electron chi connectivity index (χ1n) is 5.94. The molecule has 2 atom stereocenters. The van der Waals surface area contributed by atoms with Gasteiger partial charge >= 0.3 is 0 Å². The molecule has 2 aromatic rings.